The van der Waals surface area contributed by atoms with E-state index in [0.29, 0.717) is 19.6 Å². The smallest absolute Gasteiger partial charge is 0.242 e. The van der Waals surface area contributed by atoms with E-state index in [9.17, 15) is 9.59 Å². The van der Waals surface area contributed by atoms with Crippen molar-refractivity contribution in [2.45, 2.75) is 13.5 Å². The van der Waals surface area contributed by atoms with E-state index in [0.717, 1.165) is 25.2 Å². The Morgan fingerprint density at radius 1 is 0.931 bits per heavy atom. The summed E-state index contributed by atoms with van der Waals surface area (Å²) in [6.45, 7) is 6.11. The zero-order valence-electron chi connectivity index (χ0n) is 17.0. The van der Waals surface area contributed by atoms with Crippen LogP contribution in [-0.2, 0) is 16.1 Å². The zero-order valence-corrected chi connectivity index (χ0v) is 17.0. The van der Waals surface area contributed by atoms with Crippen LogP contribution >= 0.6 is 0 Å². The standard InChI is InChI=1S/C24H29N3O2/c1-21(28)27(19-23-11-6-3-7-12-23)20-24(29)26-17-15-25(16-18-26)14-8-13-22-9-4-2-5-10-22/h2-13H,14-20H2,1H3/b13-8+. The average molecular weight is 392 g/mol. The Hall–Kier alpha value is -2.92. The van der Waals surface area contributed by atoms with Crippen molar-refractivity contribution in [2.24, 2.45) is 0 Å². The fourth-order valence-electron chi connectivity index (χ4n) is 3.43. The number of carbonyl (C=O) groups is 2. The number of hydrogen-bond acceptors (Lipinski definition) is 3. The first-order valence-electron chi connectivity index (χ1n) is 10.1. The van der Waals surface area contributed by atoms with Gasteiger partial charge in [-0.05, 0) is 11.1 Å². The van der Waals surface area contributed by atoms with Crippen molar-refractivity contribution in [3.63, 3.8) is 0 Å². The Morgan fingerprint density at radius 2 is 1.55 bits per heavy atom. The van der Waals surface area contributed by atoms with Gasteiger partial charge in [0.2, 0.25) is 11.8 Å². The van der Waals surface area contributed by atoms with Gasteiger partial charge < -0.3 is 9.80 Å². The minimum atomic E-state index is -0.0770. The SMILES string of the molecule is CC(=O)N(CC(=O)N1CCN(C/C=C/c2ccccc2)CC1)Cc1ccccc1. The van der Waals surface area contributed by atoms with Crippen molar-refractivity contribution < 1.29 is 9.59 Å². The summed E-state index contributed by atoms with van der Waals surface area (Å²) in [7, 11) is 0. The van der Waals surface area contributed by atoms with Gasteiger partial charge in [0.05, 0.1) is 0 Å². The molecule has 0 N–H and O–H groups in total. The van der Waals surface area contributed by atoms with Gasteiger partial charge in [0, 0.05) is 46.2 Å². The fraction of sp³-hybridized carbons (Fsp3) is 0.333. The van der Waals surface area contributed by atoms with Gasteiger partial charge in [-0.25, -0.2) is 0 Å². The highest BCUT2D eigenvalue weighted by atomic mass is 16.2. The highest BCUT2D eigenvalue weighted by Crippen LogP contribution is 2.08. The Balaban J connectivity index is 1.45. The molecule has 0 spiro atoms. The summed E-state index contributed by atoms with van der Waals surface area (Å²) in [6.07, 6.45) is 4.30. The molecule has 1 saturated heterocycles. The van der Waals surface area contributed by atoms with Gasteiger partial charge in [0.1, 0.15) is 6.54 Å². The van der Waals surface area contributed by atoms with E-state index in [-0.39, 0.29) is 18.4 Å². The van der Waals surface area contributed by atoms with Crippen LogP contribution in [0.3, 0.4) is 0 Å². The van der Waals surface area contributed by atoms with Gasteiger partial charge in [-0.2, -0.15) is 0 Å². The average Bonchev–Trinajstić information content (AvgIpc) is 2.75. The molecular formula is C24H29N3O2. The molecule has 3 rings (SSSR count). The molecule has 5 nitrogen and oxygen atoms in total. The molecule has 0 aliphatic carbocycles. The quantitative estimate of drug-likeness (QED) is 0.729. The molecule has 1 aliphatic heterocycles. The van der Waals surface area contributed by atoms with Gasteiger partial charge in [0.25, 0.3) is 0 Å². The lowest BCUT2D eigenvalue weighted by Gasteiger charge is -2.35. The van der Waals surface area contributed by atoms with Crippen molar-refractivity contribution in [3.05, 3.63) is 77.9 Å². The molecule has 1 heterocycles. The number of carbonyl (C=O) groups excluding carboxylic acids is 2. The predicted octanol–water partition coefficient (Wildman–Crippen LogP) is 2.89. The number of hydrogen-bond donors (Lipinski definition) is 0. The third-order valence-corrected chi connectivity index (χ3v) is 5.19. The molecule has 1 aliphatic rings. The van der Waals surface area contributed by atoms with Crippen LogP contribution in [0.1, 0.15) is 18.1 Å². The van der Waals surface area contributed by atoms with Gasteiger partial charge in [-0.15, -0.1) is 0 Å². The summed E-state index contributed by atoms with van der Waals surface area (Å²) in [5.74, 6) is -0.0532. The number of piperazine rings is 1. The number of benzene rings is 2. The molecule has 2 aromatic rings. The first-order valence-corrected chi connectivity index (χ1v) is 10.1. The number of amides is 2. The Kier molecular flexibility index (Phi) is 7.59. The maximum absolute atomic E-state index is 12.7. The lowest BCUT2D eigenvalue weighted by molar-refractivity contribution is -0.140. The van der Waals surface area contributed by atoms with E-state index in [1.54, 1.807) is 4.90 Å². The first-order chi connectivity index (χ1) is 14.1. The van der Waals surface area contributed by atoms with E-state index in [4.69, 9.17) is 0 Å². The largest absolute Gasteiger partial charge is 0.339 e. The van der Waals surface area contributed by atoms with E-state index >= 15 is 0 Å². The minimum Gasteiger partial charge on any atom is -0.339 e. The van der Waals surface area contributed by atoms with E-state index < -0.39 is 0 Å². The van der Waals surface area contributed by atoms with Crippen LogP contribution in [0.25, 0.3) is 6.08 Å². The van der Waals surface area contributed by atoms with Gasteiger partial charge in [0.15, 0.2) is 0 Å². The predicted molar refractivity (Wildman–Crippen MR) is 116 cm³/mol. The van der Waals surface area contributed by atoms with Crippen molar-refractivity contribution in [1.29, 1.82) is 0 Å². The van der Waals surface area contributed by atoms with E-state index in [2.05, 4.69) is 29.2 Å². The second-order valence-electron chi connectivity index (χ2n) is 7.36. The van der Waals surface area contributed by atoms with Crippen molar-refractivity contribution in [2.75, 3.05) is 39.3 Å². The van der Waals surface area contributed by atoms with Crippen LogP contribution in [0, 0.1) is 0 Å². The number of rotatable bonds is 7. The van der Waals surface area contributed by atoms with Crippen molar-refractivity contribution in [1.82, 2.24) is 14.7 Å². The maximum Gasteiger partial charge on any atom is 0.242 e. The van der Waals surface area contributed by atoms with E-state index in [1.807, 2.05) is 53.4 Å². The van der Waals surface area contributed by atoms with Crippen LogP contribution in [0.5, 0.6) is 0 Å². The lowest BCUT2D eigenvalue weighted by Crippen LogP contribution is -2.51. The Morgan fingerprint density at radius 3 is 2.17 bits per heavy atom. The maximum atomic E-state index is 12.7. The lowest BCUT2D eigenvalue weighted by atomic mass is 10.2. The van der Waals surface area contributed by atoms with Gasteiger partial charge in [-0.3, -0.25) is 14.5 Å². The fourth-order valence-corrected chi connectivity index (χ4v) is 3.43. The highest BCUT2D eigenvalue weighted by molar-refractivity contribution is 5.84. The molecule has 29 heavy (non-hydrogen) atoms. The zero-order chi connectivity index (χ0) is 20.5. The topological polar surface area (TPSA) is 43.9 Å². The molecule has 0 atom stereocenters. The molecule has 0 saturated carbocycles. The van der Waals surface area contributed by atoms with Gasteiger partial charge >= 0.3 is 0 Å². The third kappa shape index (κ3) is 6.57. The van der Waals surface area contributed by atoms with Crippen LogP contribution < -0.4 is 0 Å². The normalized spacial score (nSPS) is 14.9. The molecule has 2 amide bonds. The molecule has 0 radical (unpaired) electrons. The Bertz CT molecular complexity index is 813. The highest BCUT2D eigenvalue weighted by Gasteiger charge is 2.23. The minimum absolute atomic E-state index is 0.0237. The third-order valence-electron chi connectivity index (χ3n) is 5.19. The number of nitrogens with zero attached hydrogens (tertiary/aromatic N) is 3. The second kappa shape index (κ2) is 10.6. The van der Waals surface area contributed by atoms with Crippen LogP contribution in [0.4, 0.5) is 0 Å². The summed E-state index contributed by atoms with van der Waals surface area (Å²) >= 11 is 0. The molecule has 152 valence electrons. The van der Waals surface area contributed by atoms with Crippen LogP contribution in [0.2, 0.25) is 0 Å². The van der Waals surface area contributed by atoms with Crippen LogP contribution in [-0.4, -0.2) is 65.8 Å². The Labute approximate surface area is 173 Å². The summed E-state index contributed by atoms with van der Waals surface area (Å²) in [4.78, 5) is 30.5. The van der Waals surface area contributed by atoms with E-state index in [1.165, 1.54) is 12.5 Å². The summed E-state index contributed by atoms with van der Waals surface area (Å²) in [5.41, 5.74) is 2.23. The molecular weight excluding hydrogens is 362 g/mol. The first kappa shape index (κ1) is 20.8. The molecule has 2 aromatic carbocycles. The monoisotopic (exact) mass is 391 g/mol. The second-order valence-corrected chi connectivity index (χ2v) is 7.36. The van der Waals surface area contributed by atoms with Crippen molar-refractivity contribution >= 4 is 17.9 Å². The van der Waals surface area contributed by atoms with Crippen molar-refractivity contribution in [3.8, 4) is 0 Å². The summed E-state index contributed by atoms with van der Waals surface area (Å²) in [5, 5.41) is 0. The summed E-state index contributed by atoms with van der Waals surface area (Å²) < 4.78 is 0. The molecule has 1 fully saturated rings. The molecule has 0 bridgehead atoms. The molecule has 0 unspecified atom stereocenters. The molecule has 5 heteroatoms. The molecule has 0 aromatic heterocycles. The van der Waals surface area contributed by atoms with Crippen LogP contribution in [0.15, 0.2) is 66.7 Å². The van der Waals surface area contributed by atoms with Gasteiger partial charge in [-0.1, -0.05) is 72.8 Å². The summed E-state index contributed by atoms with van der Waals surface area (Å²) in [6, 6.07) is 20.0.